The summed E-state index contributed by atoms with van der Waals surface area (Å²) in [6.45, 7) is 13.6. The van der Waals surface area contributed by atoms with Crippen LogP contribution in [0.1, 0.15) is 119 Å². The van der Waals surface area contributed by atoms with Crippen molar-refractivity contribution in [1.29, 1.82) is 10.5 Å². The van der Waals surface area contributed by atoms with Crippen LogP contribution in [0.25, 0.3) is 77.9 Å². The molecule has 0 bridgehead atoms. The first kappa shape index (κ1) is 49.2. The van der Waals surface area contributed by atoms with E-state index >= 15 is 0 Å². The molecule has 0 radical (unpaired) electrons. The molecule has 0 saturated heterocycles. The maximum absolute atomic E-state index is 9.84. The second-order valence-corrected chi connectivity index (χ2v) is 23.9. The average molecular weight is 1010 g/mol. The minimum Gasteiger partial charge on any atom is -0.192 e. The van der Waals surface area contributed by atoms with Crippen LogP contribution >= 0.6 is 0 Å². The maximum Gasteiger partial charge on any atom is 0.0991 e. The van der Waals surface area contributed by atoms with Crippen molar-refractivity contribution in [2.75, 3.05) is 0 Å². The van der Waals surface area contributed by atoms with Crippen molar-refractivity contribution in [3.63, 3.8) is 0 Å². The van der Waals surface area contributed by atoms with Gasteiger partial charge in [-0.25, -0.2) is 0 Å². The zero-order valence-corrected chi connectivity index (χ0v) is 45.7. The van der Waals surface area contributed by atoms with E-state index in [1.54, 1.807) is 0 Å². The summed E-state index contributed by atoms with van der Waals surface area (Å²) in [5.74, 6) is 0. The molecule has 378 valence electrons. The highest BCUT2D eigenvalue weighted by molar-refractivity contribution is 6.26. The van der Waals surface area contributed by atoms with Gasteiger partial charge in [-0.1, -0.05) is 236 Å². The fraction of sp³-hybridized carbons (Fsp3) is 0.143. The van der Waals surface area contributed by atoms with Gasteiger partial charge in [-0.15, -0.1) is 0 Å². The monoisotopic (exact) mass is 1010 g/mol. The van der Waals surface area contributed by atoms with E-state index < -0.39 is 5.41 Å². The summed E-state index contributed by atoms with van der Waals surface area (Å²) in [7, 11) is 0. The fourth-order valence-corrected chi connectivity index (χ4v) is 12.9. The van der Waals surface area contributed by atoms with Gasteiger partial charge in [-0.2, -0.15) is 10.5 Å². The molecule has 2 nitrogen and oxygen atoms in total. The summed E-state index contributed by atoms with van der Waals surface area (Å²) < 4.78 is 0. The molecule has 0 N–H and O–H groups in total. The Labute approximate surface area is 464 Å². The topological polar surface area (TPSA) is 47.6 Å². The summed E-state index contributed by atoms with van der Waals surface area (Å²) >= 11 is 0. The Kier molecular flexibility index (Phi) is 11.8. The third-order valence-corrected chi connectivity index (χ3v) is 17.0. The second kappa shape index (κ2) is 19.0. The van der Waals surface area contributed by atoms with Gasteiger partial charge < -0.3 is 0 Å². The summed E-state index contributed by atoms with van der Waals surface area (Å²) in [5.41, 5.74) is 22.9. The number of rotatable bonds is 8. The van der Waals surface area contributed by atoms with Crippen molar-refractivity contribution >= 4 is 55.6 Å². The Morgan fingerprint density at radius 1 is 0.367 bits per heavy atom. The smallest absolute Gasteiger partial charge is 0.0991 e. The predicted molar refractivity (Wildman–Crippen MR) is 331 cm³/mol. The quantitative estimate of drug-likeness (QED) is 0.112. The first-order valence-corrected chi connectivity index (χ1v) is 27.7. The van der Waals surface area contributed by atoms with Crippen molar-refractivity contribution in [3.8, 4) is 34.4 Å². The molecule has 0 fully saturated rings. The molecule has 0 heterocycles. The van der Waals surface area contributed by atoms with Crippen LogP contribution in [0.5, 0.6) is 0 Å². The third-order valence-electron chi connectivity index (χ3n) is 17.0. The van der Waals surface area contributed by atoms with Crippen LogP contribution in [0.2, 0.25) is 0 Å². The highest BCUT2D eigenvalue weighted by atomic mass is 14.5. The molecule has 1 unspecified atom stereocenters. The molecule has 0 aliphatic heterocycles. The lowest BCUT2D eigenvalue weighted by atomic mass is 9.69. The zero-order valence-electron chi connectivity index (χ0n) is 45.7. The number of allylic oxidation sites excluding steroid dienone is 2. The van der Waals surface area contributed by atoms with Gasteiger partial charge in [-0.05, 0) is 193 Å². The lowest BCUT2D eigenvalue weighted by molar-refractivity contribution is 0.590. The summed E-state index contributed by atoms with van der Waals surface area (Å²) in [6, 6.07) is 85.4. The van der Waals surface area contributed by atoms with Crippen molar-refractivity contribution in [2.24, 2.45) is 0 Å². The molecule has 79 heavy (non-hydrogen) atoms. The number of hydrogen-bond donors (Lipinski definition) is 0. The molecule has 2 aliphatic carbocycles. The second-order valence-electron chi connectivity index (χ2n) is 23.9. The van der Waals surface area contributed by atoms with Gasteiger partial charge in [0.15, 0.2) is 0 Å². The predicted octanol–water partition coefficient (Wildman–Crippen LogP) is 19.4. The minimum absolute atomic E-state index is 0.0249. The van der Waals surface area contributed by atoms with E-state index in [0.29, 0.717) is 24.0 Å². The average Bonchev–Trinajstić information content (AvgIpc) is 3.46. The molecule has 2 aliphatic rings. The Bertz CT molecular complexity index is 4410. The number of nitrogens with zero attached hydrogens (tertiary/aromatic N) is 2. The van der Waals surface area contributed by atoms with E-state index in [4.69, 9.17) is 0 Å². The highest BCUT2D eigenvalue weighted by Crippen LogP contribution is 2.64. The Morgan fingerprint density at radius 2 is 0.747 bits per heavy atom. The van der Waals surface area contributed by atoms with Crippen LogP contribution in [0.3, 0.4) is 0 Å². The van der Waals surface area contributed by atoms with Crippen molar-refractivity contribution in [1.82, 2.24) is 0 Å². The van der Waals surface area contributed by atoms with E-state index in [1.807, 2.05) is 24.3 Å². The van der Waals surface area contributed by atoms with Gasteiger partial charge in [0, 0.05) is 0 Å². The lowest BCUT2D eigenvalue weighted by Gasteiger charge is -2.31. The van der Waals surface area contributed by atoms with Crippen molar-refractivity contribution in [2.45, 2.75) is 70.6 Å². The van der Waals surface area contributed by atoms with E-state index in [0.717, 1.165) is 16.7 Å². The molecular weight excluding hydrogens is 953 g/mol. The summed E-state index contributed by atoms with van der Waals surface area (Å²) in [6.07, 6.45) is 6.03. The van der Waals surface area contributed by atoms with E-state index in [1.165, 1.54) is 116 Å². The lowest BCUT2D eigenvalue weighted by Crippen LogP contribution is -2.26. The molecule has 2 heteroatoms. The standard InChI is InChI=1S/C77H60N2/c1-75(2,3)59-33-25-50(26-34-59)40-57(55-29-23-52(48-79)24-30-55)41-53-27-37-66-67-38-28-54(42-58(39-49-19-21-51(47-78)22-20-49)56-31-35-60(36-32-56)76(4,5)6)44-73(67)77(72(66)43-53)71-18-12-11-17-65(71)70-45-68-63-15-9-7-13-61(63)62-14-8-10-16-64(62)69(68)46-74(70)77/h7-40,43-46H,41-42H2,1-6H3/b57-40-,58-39-. The molecule has 0 amide bonds. The van der Waals surface area contributed by atoms with Crippen LogP contribution in [-0.4, -0.2) is 0 Å². The van der Waals surface area contributed by atoms with Gasteiger partial charge in [0.05, 0.1) is 28.7 Å². The molecule has 11 aromatic carbocycles. The van der Waals surface area contributed by atoms with Crippen LogP contribution < -0.4 is 0 Å². The Morgan fingerprint density at radius 3 is 1.23 bits per heavy atom. The Hall–Kier alpha value is -9.34. The largest absolute Gasteiger partial charge is 0.192 e. The van der Waals surface area contributed by atoms with E-state index in [2.05, 4.69) is 260 Å². The molecule has 11 aromatic rings. The van der Waals surface area contributed by atoms with Gasteiger partial charge in [0.1, 0.15) is 0 Å². The summed E-state index contributed by atoms with van der Waals surface area (Å²) in [4.78, 5) is 0. The van der Waals surface area contributed by atoms with Crippen LogP contribution in [0.4, 0.5) is 0 Å². The molecular formula is C77H60N2. The maximum atomic E-state index is 9.84. The van der Waals surface area contributed by atoms with Crippen LogP contribution in [0.15, 0.2) is 218 Å². The number of fused-ring (bicyclic) bond motifs is 16. The highest BCUT2D eigenvalue weighted by Gasteiger charge is 2.52. The SMILES string of the molecule is CC(C)(C)c1ccc(/C=C(/Cc2ccc3c(c2)C2(c4ccccc4-c4cc5c6ccccc6c6ccccc6c5cc42)c2cc(C/C(=C/c4ccc(C#N)cc4)c4ccc(C(C)(C)C)cc4)ccc2-3)c2ccc(C#N)cc2)cc1. The van der Waals surface area contributed by atoms with Gasteiger partial charge in [-0.3, -0.25) is 0 Å². The van der Waals surface area contributed by atoms with Crippen molar-refractivity contribution in [3.05, 3.63) is 296 Å². The van der Waals surface area contributed by atoms with Crippen LogP contribution in [0, 0.1) is 22.7 Å². The van der Waals surface area contributed by atoms with Crippen molar-refractivity contribution < 1.29 is 0 Å². The normalized spacial score (nSPS) is 14.7. The third kappa shape index (κ3) is 8.48. The number of benzene rings is 11. The molecule has 0 aromatic heterocycles. The molecule has 1 spiro atoms. The zero-order chi connectivity index (χ0) is 54.2. The fourth-order valence-electron chi connectivity index (χ4n) is 12.9. The van der Waals surface area contributed by atoms with E-state index in [-0.39, 0.29) is 10.8 Å². The van der Waals surface area contributed by atoms with Crippen LogP contribution in [-0.2, 0) is 29.1 Å². The molecule has 1 atom stereocenters. The number of nitriles is 2. The number of hydrogen-bond acceptors (Lipinski definition) is 2. The first-order valence-electron chi connectivity index (χ1n) is 27.7. The molecule has 13 rings (SSSR count). The first-order chi connectivity index (χ1) is 38.3. The Balaban J connectivity index is 1.03. The van der Waals surface area contributed by atoms with Gasteiger partial charge in [0.2, 0.25) is 0 Å². The van der Waals surface area contributed by atoms with E-state index in [9.17, 15) is 10.5 Å². The summed E-state index contributed by atoms with van der Waals surface area (Å²) in [5, 5.41) is 27.1. The van der Waals surface area contributed by atoms with Gasteiger partial charge >= 0.3 is 0 Å². The molecule has 0 saturated carbocycles. The minimum atomic E-state index is -0.643. The van der Waals surface area contributed by atoms with Gasteiger partial charge in [0.25, 0.3) is 0 Å².